The Morgan fingerprint density at radius 2 is 1.67 bits per heavy atom. The molecule has 2 aromatic carbocycles. The molecule has 0 saturated heterocycles. The quantitative estimate of drug-likeness (QED) is 0.879. The highest BCUT2D eigenvalue weighted by molar-refractivity contribution is 5.46. The summed E-state index contributed by atoms with van der Waals surface area (Å²) in [6.45, 7) is 3.78. The van der Waals surface area contributed by atoms with Crippen LogP contribution in [-0.4, -0.2) is 20.1 Å². The van der Waals surface area contributed by atoms with Crippen LogP contribution in [0.25, 0.3) is 0 Å². The highest BCUT2D eigenvalue weighted by atomic mass is 19.1. The van der Waals surface area contributed by atoms with E-state index in [9.17, 15) is 4.39 Å². The summed E-state index contributed by atoms with van der Waals surface area (Å²) >= 11 is 0. The first-order valence-corrected chi connectivity index (χ1v) is 7.35. The van der Waals surface area contributed by atoms with E-state index in [2.05, 4.69) is 36.1 Å². The summed E-state index contributed by atoms with van der Waals surface area (Å²) < 4.78 is 13.0. The lowest BCUT2D eigenvalue weighted by atomic mass is 9.98. The lowest BCUT2D eigenvalue weighted by Crippen LogP contribution is -2.22. The van der Waals surface area contributed by atoms with Crippen molar-refractivity contribution >= 4 is 5.69 Å². The van der Waals surface area contributed by atoms with Gasteiger partial charge in [0.05, 0.1) is 0 Å². The molecular formula is C18H23FN2. The fourth-order valence-electron chi connectivity index (χ4n) is 2.50. The standard InChI is InChI=1S/C18H23FN2/c1-14(16-5-3-15(4-6-16)11-12-20)13-21(2)18-9-7-17(19)8-10-18/h3-10,14H,11-13,20H2,1-2H3. The molecule has 1 atom stereocenters. The van der Waals surface area contributed by atoms with Gasteiger partial charge in [-0.3, -0.25) is 0 Å². The van der Waals surface area contributed by atoms with Crippen LogP contribution in [0.1, 0.15) is 24.0 Å². The number of nitrogens with two attached hydrogens (primary N) is 1. The van der Waals surface area contributed by atoms with Gasteiger partial charge < -0.3 is 10.6 Å². The molecule has 0 amide bonds. The molecule has 0 radical (unpaired) electrons. The Morgan fingerprint density at radius 3 is 2.24 bits per heavy atom. The largest absolute Gasteiger partial charge is 0.374 e. The normalized spacial score (nSPS) is 12.2. The van der Waals surface area contributed by atoms with E-state index < -0.39 is 0 Å². The van der Waals surface area contributed by atoms with Crippen LogP contribution in [0.3, 0.4) is 0 Å². The van der Waals surface area contributed by atoms with Gasteiger partial charge in [-0.05, 0) is 54.3 Å². The van der Waals surface area contributed by atoms with Crippen molar-refractivity contribution in [3.8, 4) is 0 Å². The highest BCUT2D eigenvalue weighted by Gasteiger charge is 2.09. The third-order valence-corrected chi connectivity index (χ3v) is 3.80. The number of rotatable bonds is 6. The Balaban J connectivity index is 1.99. The first kappa shape index (κ1) is 15.5. The van der Waals surface area contributed by atoms with Gasteiger partial charge in [0.2, 0.25) is 0 Å². The third-order valence-electron chi connectivity index (χ3n) is 3.80. The van der Waals surface area contributed by atoms with E-state index in [1.54, 1.807) is 0 Å². The maximum Gasteiger partial charge on any atom is 0.123 e. The van der Waals surface area contributed by atoms with Crippen molar-refractivity contribution in [2.24, 2.45) is 5.73 Å². The Hall–Kier alpha value is -1.87. The number of nitrogens with zero attached hydrogens (tertiary/aromatic N) is 1. The van der Waals surface area contributed by atoms with Crippen LogP contribution in [0.4, 0.5) is 10.1 Å². The van der Waals surface area contributed by atoms with Crippen molar-refractivity contribution in [2.45, 2.75) is 19.3 Å². The summed E-state index contributed by atoms with van der Waals surface area (Å²) in [7, 11) is 2.03. The van der Waals surface area contributed by atoms with Gasteiger partial charge in [0.25, 0.3) is 0 Å². The molecule has 0 heterocycles. The highest BCUT2D eigenvalue weighted by Crippen LogP contribution is 2.21. The number of halogens is 1. The zero-order valence-corrected chi connectivity index (χ0v) is 12.7. The minimum absolute atomic E-state index is 0.198. The molecule has 1 unspecified atom stereocenters. The molecule has 0 spiro atoms. The molecule has 0 aliphatic carbocycles. The maximum atomic E-state index is 13.0. The van der Waals surface area contributed by atoms with Crippen LogP contribution in [0, 0.1) is 5.82 Å². The number of likely N-dealkylation sites (N-methyl/N-ethyl adjacent to an activating group) is 1. The van der Waals surface area contributed by atoms with Crippen molar-refractivity contribution in [3.63, 3.8) is 0 Å². The summed E-state index contributed by atoms with van der Waals surface area (Å²) in [4.78, 5) is 2.15. The number of hydrogen-bond acceptors (Lipinski definition) is 2. The molecule has 21 heavy (non-hydrogen) atoms. The second kappa shape index (κ2) is 7.23. The topological polar surface area (TPSA) is 29.3 Å². The van der Waals surface area contributed by atoms with Crippen molar-refractivity contribution in [2.75, 3.05) is 25.0 Å². The molecule has 2 N–H and O–H groups in total. The predicted octanol–water partition coefficient (Wildman–Crippen LogP) is 3.57. The van der Waals surface area contributed by atoms with Crippen LogP contribution >= 0.6 is 0 Å². The summed E-state index contributed by atoms with van der Waals surface area (Å²) in [5.41, 5.74) is 9.18. The SMILES string of the molecule is CC(CN(C)c1ccc(F)cc1)c1ccc(CCN)cc1. The minimum Gasteiger partial charge on any atom is -0.374 e. The van der Waals surface area contributed by atoms with Crippen LogP contribution < -0.4 is 10.6 Å². The van der Waals surface area contributed by atoms with E-state index in [1.807, 2.05) is 19.2 Å². The van der Waals surface area contributed by atoms with E-state index in [1.165, 1.54) is 23.3 Å². The van der Waals surface area contributed by atoms with Gasteiger partial charge in [-0.2, -0.15) is 0 Å². The maximum absolute atomic E-state index is 13.0. The van der Waals surface area contributed by atoms with Gasteiger partial charge in [0.1, 0.15) is 5.82 Å². The van der Waals surface area contributed by atoms with Crippen LogP contribution in [0.2, 0.25) is 0 Å². The monoisotopic (exact) mass is 286 g/mol. The Bertz CT molecular complexity index is 548. The van der Waals surface area contributed by atoms with Crippen LogP contribution in [0.15, 0.2) is 48.5 Å². The number of hydrogen-bond donors (Lipinski definition) is 1. The Morgan fingerprint density at radius 1 is 1.05 bits per heavy atom. The second-order valence-corrected chi connectivity index (χ2v) is 5.54. The summed E-state index contributed by atoms with van der Waals surface area (Å²) in [5, 5.41) is 0. The predicted molar refractivity (Wildman–Crippen MR) is 87.3 cm³/mol. The summed E-state index contributed by atoms with van der Waals surface area (Å²) in [5.74, 6) is 0.211. The zero-order chi connectivity index (χ0) is 15.2. The van der Waals surface area contributed by atoms with Crippen molar-refractivity contribution in [1.29, 1.82) is 0 Å². The van der Waals surface area contributed by atoms with E-state index >= 15 is 0 Å². The molecule has 0 bridgehead atoms. The molecule has 0 aromatic heterocycles. The van der Waals surface area contributed by atoms with Gasteiger partial charge in [-0.15, -0.1) is 0 Å². The van der Waals surface area contributed by atoms with E-state index in [0.717, 1.165) is 18.7 Å². The molecule has 2 nitrogen and oxygen atoms in total. The molecule has 2 rings (SSSR count). The molecule has 0 aliphatic rings. The van der Waals surface area contributed by atoms with Crippen LogP contribution in [-0.2, 0) is 6.42 Å². The first-order valence-electron chi connectivity index (χ1n) is 7.35. The smallest absolute Gasteiger partial charge is 0.123 e. The summed E-state index contributed by atoms with van der Waals surface area (Å²) in [6.07, 6.45) is 0.921. The summed E-state index contributed by atoms with van der Waals surface area (Å²) in [6, 6.07) is 15.3. The fraction of sp³-hybridized carbons (Fsp3) is 0.333. The van der Waals surface area contributed by atoms with Crippen molar-refractivity contribution in [3.05, 3.63) is 65.5 Å². The molecule has 0 saturated carbocycles. The average molecular weight is 286 g/mol. The van der Waals surface area contributed by atoms with Gasteiger partial charge in [-0.25, -0.2) is 4.39 Å². The van der Waals surface area contributed by atoms with Gasteiger partial charge in [0.15, 0.2) is 0 Å². The minimum atomic E-state index is -0.198. The zero-order valence-electron chi connectivity index (χ0n) is 12.7. The average Bonchev–Trinajstić information content (AvgIpc) is 2.49. The lowest BCUT2D eigenvalue weighted by molar-refractivity contribution is 0.627. The van der Waals surface area contributed by atoms with Gasteiger partial charge in [0, 0.05) is 19.3 Å². The molecule has 2 aromatic rings. The Labute approximate surface area is 126 Å². The van der Waals surface area contributed by atoms with E-state index in [0.29, 0.717) is 12.5 Å². The molecule has 112 valence electrons. The lowest BCUT2D eigenvalue weighted by Gasteiger charge is -2.24. The van der Waals surface area contributed by atoms with Crippen LogP contribution in [0.5, 0.6) is 0 Å². The molecule has 0 fully saturated rings. The fourth-order valence-corrected chi connectivity index (χ4v) is 2.50. The molecule has 3 heteroatoms. The van der Waals surface area contributed by atoms with E-state index in [4.69, 9.17) is 5.73 Å². The first-order chi connectivity index (χ1) is 10.1. The molecule has 0 aliphatic heterocycles. The van der Waals surface area contributed by atoms with Crippen molar-refractivity contribution < 1.29 is 4.39 Å². The number of anilines is 1. The van der Waals surface area contributed by atoms with Gasteiger partial charge in [-0.1, -0.05) is 31.2 Å². The second-order valence-electron chi connectivity index (χ2n) is 5.54. The Kier molecular flexibility index (Phi) is 5.34. The van der Waals surface area contributed by atoms with E-state index in [-0.39, 0.29) is 5.82 Å². The van der Waals surface area contributed by atoms with Gasteiger partial charge >= 0.3 is 0 Å². The molecular weight excluding hydrogens is 263 g/mol. The van der Waals surface area contributed by atoms with Crippen molar-refractivity contribution in [1.82, 2.24) is 0 Å². The number of benzene rings is 2. The third kappa shape index (κ3) is 4.30.